The number of carbonyl (C=O) groups is 1. The molecule has 2 N–H and O–H groups in total. The van der Waals surface area contributed by atoms with Crippen LogP contribution in [0.15, 0.2) is 73.1 Å². The fourth-order valence-corrected chi connectivity index (χ4v) is 5.12. The molecule has 8 nitrogen and oxygen atoms in total. The number of aryl methyl sites for hydroxylation is 1. The Morgan fingerprint density at radius 3 is 2.85 bits per heavy atom. The Hall–Kier alpha value is -4.45. The van der Waals surface area contributed by atoms with Crippen molar-refractivity contribution in [2.24, 2.45) is 0 Å². The summed E-state index contributed by atoms with van der Waals surface area (Å²) < 4.78 is 5.84. The quantitative estimate of drug-likeness (QED) is 0.227. The zero-order valence-corrected chi connectivity index (χ0v) is 23.8. The smallest absolute Gasteiger partial charge is 0.248 e. The summed E-state index contributed by atoms with van der Waals surface area (Å²) >= 11 is 6.53. The van der Waals surface area contributed by atoms with Gasteiger partial charge in [-0.3, -0.25) is 19.7 Å². The van der Waals surface area contributed by atoms with Gasteiger partial charge in [-0.15, -0.1) is 0 Å². The maximum atomic E-state index is 12.8. The molecule has 1 aliphatic heterocycles. The fourth-order valence-electron chi connectivity index (χ4n) is 4.89. The van der Waals surface area contributed by atoms with E-state index in [-0.39, 0.29) is 11.9 Å². The van der Waals surface area contributed by atoms with Gasteiger partial charge in [-0.2, -0.15) is 5.26 Å². The fraction of sp³-hybridized carbons (Fsp3) is 0.250. The van der Waals surface area contributed by atoms with E-state index >= 15 is 0 Å². The summed E-state index contributed by atoms with van der Waals surface area (Å²) in [5.74, 6) is 0.328. The number of likely N-dealkylation sites (tertiary alicyclic amines) is 1. The number of nitriles is 1. The highest BCUT2D eigenvalue weighted by molar-refractivity contribution is 6.32. The van der Waals surface area contributed by atoms with Gasteiger partial charge >= 0.3 is 0 Å². The average Bonchev–Trinajstić information content (AvgIpc) is 2.97. The molecule has 0 spiro atoms. The van der Waals surface area contributed by atoms with Crippen molar-refractivity contribution in [3.63, 3.8) is 0 Å². The number of hydrogen-bond donors (Lipinski definition) is 2. The molecule has 0 aliphatic carbocycles. The van der Waals surface area contributed by atoms with Crippen molar-refractivity contribution in [2.75, 3.05) is 24.2 Å². The minimum Gasteiger partial charge on any atom is -0.486 e. The number of pyridine rings is 2. The van der Waals surface area contributed by atoms with Crippen LogP contribution in [0.3, 0.4) is 0 Å². The number of anilines is 3. The highest BCUT2D eigenvalue weighted by atomic mass is 35.5. The summed E-state index contributed by atoms with van der Waals surface area (Å²) in [7, 11) is 2.09. The summed E-state index contributed by atoms with van der Waals surface area (Å²) in [6, 6.07) is 17.2. The average molecular weight is 567 g/mol. The number of nitrogens with zero attached hydrogens (tertiary/aromatic N) is 4. The number of benzene rings is 2. The zero-order chi connectivity index (χ0) is 28.8. The zero-order valence-electron chi connectivity index (χ0n) is 23.0. The van der Waals surface area contributed by atoms with E-state index in [0.29, 0.717) is 50.9 Å². The Bertz CT molecular complexity index is 1630. The van der Waals surface area contributed by atoms with Gasteiger partial charge in [-0.1, -0.05) is 30.2 Å². The van der Waals surface area contributed by atoms with Crippen LogP contribution in [0.1, 0.15) is 36.1 Å². The van der Waals surface area contributed by atoms with Crippen molar-refractivity contribution in [3.8, 4) is 11.8 Å². The van der Waals surface area contributed by atoms with Crippen LogP contribution in [0.4, 0.5) is 17.1 Å². The molecule has 1 fully saturated rings. The third kappa shape index (κ3) is 6.83. The van der Waals surface area contributed by atoms with Crippen molar-refractivity contribution in [3.05, 3.63) is 94.9 Å². The van der Waals surface area contributed by atoms with E-state index in [9.17, 15) is 10.1 Å². The van der Waals surface area contributed by atoms with E-state index in [0.717, 1.165) is 24.2 Å². The molecule has 1 atom stereocenters. The van der Waals surface area contributed by atoms with Gasteiger partial charge < -0.3 is 15.4 Å². The predicted molar refractivity (Wildman–Crippen MR) is 163 cm³/mol. The normalized spacial score (nSPS) is 15.5. The Morgan fingerprint density at radius 2 is 2.10 bits per heavy atom. The number of carbonyl (C=O) groups excluding carboxylic acids is 1. The highest BCUT2D eigenvalue weighted by Gasteiger charge is 2.17. The third-order valence-corrected chi connectivity index (χ3v) is 7.49. The summed E-state index contributed by atoms with van der Waals surface area (Å²) in [5, 5.41) is 17.3. The van der Waals surface area contributed by atoms with Crippen LogP contribution in [0.5, 0.6) is 5.75 Å². The second kappa shape index (κ2) is 12.8. The third-order valence-electron chi connectivity index (χ3n) is 7.19. The number of likely N-dealkylation sites (N-methyl/N-ethyl adjacent to an activating group) is 1. The van der Waals surface area contributed by atoms with Crippen molar-refractivity contribution < 1.29 is 9.53 Å². The maximum Gasteiger partial charge on any atom is 0.248 e. The first-order valence-electron chi connectivity index (χ1n) is 13.5. The molecule has 0 bridgehead atoms. The summed E-state index contributed by atoms with van der Waals surface area (Å²) in [5.41, 5.74) is 4.63. The van der Waals surface area contributed by atoms with Crippen LogP contribution in [0, 0.1) is 18.3 Å². The van der Waals surface area contributed by atoms with Crippen molar-refractivity contribution in [2.45, 2.75) is 38.8 Å². The molecule has 4 aromatic rings. The number of rotatable bonds is 8. The second-order valence-electron chi connectivity index (χ2n) is 10.1. The van der Waals surface area contributed by atoms with Gasteiger partial charge in [0.25, 0.3) is 0 Å². The van der Waals surface area contributed by atoms with Gasteiger partial charge in [0.2, 0.25) is 5.91 Å². The minimum absolute atomic E-state index is 0.196. The van der Waals surface area contributed by atoms with Gasteiger partial charge in [0, 0.05) is 41.3 Å². The number of piperidine rings is 1. The largest absolute Gasteiger partial charge is 0.486 e. The number of aromatic nitrogens is 2. The molecule has 208 valence electrons. The van der Waals surface area contributed by atoms with Crippen molar-refractivity contribution >= 4 is 45.5 Å². The predicted octanol–water partition coefficient (Wildman–Crippen LogP) is 6.76. The molecule has 3 heterocycles. The molecule has 41 heavy (non-hydrogen) atoms. The monoisotopic (exact) mass is 566 g/mol. The Labute approximate surface area is 244 Å². The molecule has 1 aliphatic rings. The maximum absolute atomic E-state index is 12.8. The molecular weight excluding hydrogens is 536 g/mol. The van der Waals surface area contributed by atoms with E-state index < -0.39 is 0 Å². The van der Waals surface area contributed by atoms with Crippen LogP contribution in [-0.4, -0.2) is 40.4 Å². The number of ether oxygens (including phenoxy) is 1. The number of halogens is 1. The van der Waals surface area contributed by atoms with Crippen LogP contribution < -0.4 is 15.4 Å². The Kier molecular flexibility index (Phi) is 8.78. The Balaban J connectivity index is 1.37. The number of nitrogens with one attached hydrogen (secondary N) is 2. The lowest BCUT2D eigenvalue weighted by Crippen LogP contribution is -2.34. The summed E-state index contributed by atoms with van der Waals surface area (Å²) in [6.45, 7) is 3.25. The molecule has 5 rings (SSSR count). The van der Waals surface area contributed by atoms with Crippen LogP contribution in [-0.2, 0) is 11.4 Å². The molecule has 1 amide bonds. The lowest BCUT2D eigenvalue weighted by molar-refractivity contribution is -0.111. The van der Waals surface area contributed by atoms with Gasteiger partial charge in [-0.05, 0) is 81.4 Å². The van der Waals surface area contributed by atoms with Crippen molar-refractivity contribution in [1.82, 2.24) is 14.9 Å². The summed E-state index contributed by atoms with van der Waals surface area (Å²) in [6.07, 6.45) is 10.2. The minimum atomic E-state index is -0.196. The van der Waals surface area contributed by atoms with Gasteiger partial charge in [0.1, 0.15) is 18.4 Å². The van der Waals surface area contributed by atoms with Crippen molar-refractivity contribution in [1.29, 1.82) is 5.26 Å². The highest BCUT2D eigenvalue weighted by Crippen LogP contribution is 2.35. The Morgan fingerprint density at radius 1 is 1.22 bits per heavy atom. The van der Waals surface area contributed by atoms with Crippen LogP contribution in [0.25, 0.3) is 10.9 Å². The molecule has 2 aromatic heterocycles. The SMILES string of the molecule is Cc1cc2ncc(C#N)c(Nc3ccc(OCc4ccccn4)c(Cl)c3)c2cc1NC(=O)/C=C/C1CCCCN1C. The molecule has 0 radical (unpaired) electrons. The lowest BCUT2D eigenvalue weighted by atomic mass is 10.0. The topological polar surface area (TPSA) is 103 Å². The van der Waals surface area contributed by atoms with E-state index in [4.69, 9.17) is 16.3 Å². The van der Waals surface area contributed by atoms with E-state index in [2.05, 4.69) is 38.6 Å². The first-order valence-corrected chi connectivity index (χ1v) is 13.9. The van der Waals surface area contributed by atoms with Crippen LogP contribution in [0.2, 0.25) is 5.02 Å². The molecule has 1 saturated heterocycles. The molecule has 0 saturated carbocycles. The number of hydrogen-bond acceptors (Lipinski definition) is 7. The van der Waals surface area contributed by atoms with E-state index in [1.807, 2.05) is 49.4 Å². The molecule has 9 heteroatoms. The lowest BCUT2D eigenvalue weighted by Gasteiger charge is -2.30. The first kappa shape index (κ1) is 28.1. The summed E-state index contributed by atoms with van der Waals surface area (Å²) in [4.78, 5) is 23.8. The first-order chi connectivity index (χ1) is 19.9. The molecular formula is C32H31ClN6O2. The van der Waals surface area contributed by atoms with E-state index in [1.165, 1.54) is 19.0 Å². The van der Waals surface area contributed by atoms with Crippen LogP contribution >= 0.6 is 11.6 Å². The number of fused-ring (bicyclic) bond motifs is 1. The van der Waals surface area contributed by atoms with Gasteiger partial charge in [0.15, 0.2) is 0 Å². The number of amides is 1. The molecule has 1 unspecified atom stereocenters. The van der Waals surface area contributed by atoms with Gasteiger partial charge in [0.05, 0.1) is 27.5 Å². The second-order valence-corrected chi connectivity index (χ2v) is 10.5. The van der Waals surface area contributed by atoms with E-state index in [1.54, 1.807) is 24.4 Å². The standard InChI is InChI=1S/C32H31ClN6O2/c1-21-15-29-26(17-28(21)38-31(40)12-10-25-8-4-6-14-39(25)2)32(22(18-34)19-36-29)37-23-9-11-30(27(33)16-23)41-20-24-7-3-5-13-35-24/h3,5,7,9-13,15-17,19,25H,4,6,8,14,20H2,1-2H3,(H,36,37)(H,38,40)/b12-10+. The molecule has 2 aromatic carbocycles. The van der Waals surface area contributed by atoms with Gasteiger partial charge in [-0.25, -0.2) is 0 Å².